The first kappa shape index (κ1) is 16.5. The van der Waals surface area contributed by atoms with E-state index in [1.165, 1.54) is 6.07 Å². The lowest BCUT2D eigenvalue weighted by molar-refractivity contribution is 0.0692. The molecule has 0 aliphatic carbocycles. The standard InChI is InChI=1S/C20H17NO4/c1-24-17-9-16(11-21-12-17)15-7-8-18(20(22)23)19(10-15)25-13-14-5-3-2-4-6-14/h2-12H,13H2,1H3,(H,22,23). The van der Waals surface area contributed by atoms with Crippen molar-refractivity contribution in [3.8, 4) is 22.6 Å². The summed E-state index contributed by atoms with van der Waals surface area (Å²) in [6.07, 6.45) is 3.31. The minimum Gasteiger partial charge on any atom is -0.495 e. The molecule has 0 saturated heterocycles. The van der Waals surface area contributed by atoms with Crippen molar-refractivity contribution in [1.29, 1.82) is 0 Å². The van der Waals surface area contributed by atoms with E-state index in [2.05, 4.69) is 4.98 Å². The van der Waals surface area contributed by atoms with Crippen LogP contribution in [0.15, 0.2) is 67.0 Å². The minimum atomic E-state index is -1.03. The highest BCUT2D eigenvalue weighted by Gasteiger charge is 2.13. The molecule has 0 bridgehead atoms. The van der Waals surface area contributed by atoms with Gasteiger partial charge in [0.05, 0.1) is 13.3 Å². The van der Waals surface area contributed by atoms with Gasteiger partial charge in [0, 0.05) is 11.8 Å². The molecule has 0 saturated carbocycles. The third kappa shape index (κ3) is 3.95. The van der Waals surface area contributed by atoms with Crippen LogP contribution in [0.1, 0.15) is 15.9 Å². The Kier molecular flexibility index (Phi) is 4.95. The number of aromatic nitrogens is 1. The molecule has 3 aromatic rings. The van der Waals surface area contributed by atoms with E-state index >= 15 is 0 Å². The van der Waals surface area contributed by atoms with Gasteiger partial charge in [0.25, 0.3) is 0 Å². The highest BCUT2D eigenvalue weighted by molar-refractivity contribution is 5.92. The van der Waals surface area contributed by atoms with Gasteiger partial charge in [0.2, 0.25) is 0 Å². The van der Waals surface area contributed by atoms with Crippen LogP contribution in [-0.4, -0.2) is 23.2 Å². The number of pyridine rings is 1. The van der Waals surface area contributed by atoms with Gasteiger partial charge in [0.15, 0.2) is 0 Å². The van der Waals surface area contributed by atoms with E-state index in [0.717, 1.165) is 16.7 Å². The van der Waals surface area contributed by atoms with Crippen LogP contribution in [0.5, 0.6) is 11.5 Å². The van der Waals surface area contributed by atoms with Gasteiger partial charge in [-0.25, -0.2) is 4.79 Å². The zero-order valence-corrected chi connectivity index (χ0v) is 13.7. The van der Waals surface area contributed by atoms with E-state index < -0.39 is 5.97 Å². The van der Waals surface area contributed by atoms with Gasteiger partial charge < -0.3 is 14.6 Å². The van der Waals surface area contributed by atoms with Crippen molar-refractivity contribution in [3.05, 3.63) is 78.1 Å². The number of aromatic carboxylic acids is 1. The molecule has 1 heterocycles. The van der Waals surface area contributed by atoms with Gasteiger partial charge in [-0.2, -0.15) is 0 Å². The van der Waals surface area contributed by atoms with Gasteiger partial charge in [-0.05, 0) is 29.3 Å². The molecule has 25 heavy (non-hydrogen) atoms. The summed E-state index contributed by atoms with van der Waals surface area (Å²) in [6, 6.07) is 16.4. The lowest BCUT2D eigenvalue weighted by Crippen LogP contribution is -2.03. The van der Waals surface area contributed by atoms with E-state index in [1.54, 1.807) is 31.6 Å². The second-order valence-corrected chi connectivity index (χ2v) is 5.40. The summed E-state index contributed by atoms with van der Waals surface area (Å²) in [5.41, 5.74) is 2.71. The number of carbonyl (C=O) groups is 1. The van der Waals surface area contributed by atoms with E-state index in [1.807, 2.05) is 36.4 Å². The molecule has 5 heteroatoms. The van der Waals surface area contributed by atoms with Crippen LogP contribution in [0.25, 0.3) is 11.1 Å². The fraction of sp³-hybridized carbons (Fsp3) is 0.100. The monoisotopic (exact) mass is 335 g/mol. The number of hydrogen-bond acceptors (Lipinski definition) is 4. The van der Waals surface area contributed by atoms with E-state index in [9.17, 15) is 9.90 Å². The van der Waals surface area contributed by atoms with Gasteiger partial charge >= 0.3 is 5.97 Å². The van der Waals surface area contributed by atoms with Crippen LogP contribution in [0.4, 0.5) is 0 Å². The summed E-state index contributed by atoms with van der Waals surface area (Å²) in [5.74, 6) is -0.0818. The van der Waals surface area contributed by atoms with Crippen LogP contribution in [-0.2, 0) is 6.61 Å². The Morgan fingerprint density at radius 1 is 1.04 bits per heavy atom. The van der Waals surface area contributed by atoms with Gasteiger partial charge in [-0.15, -0.1) is 0 Å². The molecule has 0 unspecified atom stereocenters. The van der Waals surface area contributed by atoms with Crippen molar-refractivity contribution in [2.24, 2.45) is 0 Å². The maximum absolute atomic E-state index is 11.5. The summed E-state index contributed by atoms with van der Waals surface area (Å²) in [4.78, 5) is 15.6. The average molecular weight is 335 g/mol. The Morgan fingerprint density at radius 2 is 1.84 bits per heavy atom. The number of hydrogen-bond donors (Lipinski definition) is 1. The number of benzene rings is 2. The van der Waals surface area contributed by atoms with Crippen LogP contribution < -0.4 is 9.47 Å². The topological polar surface area (TPSA) is 68.7 Å². The molecule has 126 valence electrons. The maximum atomic E-state index is 11.5. The quantitative estimate of drug-likeness (QED) is 0.736. The van der Waals surface area contributed by atoms with E-state index in [0.29, 0.717) is 18.1 Å². The molecule has 1 aromatic heterocycles. The van der Waals surface area contributed by atoms with Crippen LogP contribution in [0.2, 0.25) is 0 Å². The average Bonchev–Trinajstić information content (AvgIpc) is 2.67. The lowest BCUT2D eigenvalue weighted by atomic mass is 10.0. The molecule has 0 atom stereocenters. The molecule has 5 nitrogen and oxygen atoms in total. The lowest BCUT2D eigenvalue weighted by Gasteiger charge is -2.12. The van der Waals surface area contributed by atoms with Gasteiger partial charge in [-0.1, -0.05) is 36.4 Å². The Bertz CT molecular complexity index is 878. The van der Waals surface area contributed by atoms with Crippen molar-refractivity contribution in [3.63, 3.8) is 0 Å². The van der Waals surface area contributed by atoms with Crippen LogP contribution >= 0.6 is 0 Å². The number of rotatable bonds is 6. The summed E-state index contributed by atoms with van der Waals surface area (Å²) < 4.78 is 11.0. The third-order valence-electron chi connectivity index (χ3n) is 3.73. The van der Waals surface area contributed by atoms with E-state index in [-0.39, 0.29) is 5.56 Å². The Hall–Kier alpha value is -3.34. The van der Waals surface area contributed by atoms with Crippen LogP contribution in [0.3, 0.4) is 0 Å². The van der Waals surface area contributed by atoms with Gasteiger partial charge in [0.1, 0.15) is 23.7 Å². The predicted molar refractivity (Wildman–Crippen MR) is 94.0 cm³/mol. The van der Waals surface area contributed by atoms with Crippen molar-refractivity contribution < 1.29 is 19.4 Å². The fourth-order valence-electron chi connectivity index (χ4n) is 2.42. The number of ether oxygens (including phenoxy) is 2. The summed E-state index contributed by atoms with van der Waals surface area (Å²) >= 11 is 0. The summed E-state index contributed by atoms with van der Waals surface area (Å²) in [7, 11) is 1.57. The minimum absolute atomic E-state index is 0.121. The molecule has 0 amide bonds. The normalized spacial score (nSPS) is 10.3. The molecule has 2 aromatic carbocycles. The number of methoxy groups -OCH3 is 1. The first-order valence-electron chi connectivity index (χ1n) is 7.71. The molecule has 0 aliphatic heterocycles. The van der Waals surface area contributed by atoms with Crippen molar-refractivity contribution >= 4 is 5.97 Å². The summed E-state index contributed by atoms with van der Waals surface area (Å²) in [6.45, 7) is 0.293. The number of carboxylic acids is 1. The highest BCUT2D eigenvalue weighted by Crippen LogP contribution is 2.29. The molecule has 0 radical (unpaired) electrons. The van der Waals surface area contributed by atoms with Crippen molar-refractivity contribution in [2.45, 2.75) is 6.61 Å². The zero-order valence-electron chi connectivity index (χ0n) is 13.7. The van der Waals surface area contributed by atoms with E-state index in [4.69, 9.17) is 9.47 Å². The first-order chi connectivity index (χ1) is 12.2. The van der Waals surface area contributed by atoms with Crippen LogP contribution in [0, 0.1) is 0 Å². The second kappa shape index (κ2) is 7.49. The molecular weight excluding hydrogens is 318 g/mol. The molecule has 3 rings (SSSR count). The zero-order chi connectivity index (χ0) is 17.6. The molecule has 0 spiro atoms. The Labute approximate surface area is 145 Å². The predicted octanol–water partition coefficient (Wildman–Crippen LogP) is 4.03. The fourth-order valence-corrected chi connectivity index (χ4v) is 2.42. The Morgan fingerprint density at radius 3 is 2.56 bits per heavy atom. The Balaban J connectivity index is 1.92. The smallest absolute Gasteiger partial charge is 0.339 e. The second-order valence-electron chi connectivity index (χ2n) is 5.40. The third-order valence-corrected chi connectivity index (χ3v) is 3.73. The summed E-state index contributed by atoms with van der Waals surface area (Å²) in [5, 5.41) is 9.39. The van der Waals surface area contributed by atoms with Gasteiger partial charge in [-0.3, -0.25) is 4.98 Å². The molecular formula is C20H17NO4. The van der Waals surface area contributed by atoms with Crippen molar-refractivity contribution in [2.75, 3.05) is 7.11 Å². The highest BCUT2D eigenvalue weighted by atomic mass is 16.5. The number of nitrogens with zero attached hydrogens (tertiary/aromatic N) is 1. The number of carboxylic acid groups (broad SMARTS) is 1. The van der Waals surface area contributed by atoms with Crippen molar-refractivity contribution in [1.82, 2.24) is 4.98 Å². The molecule has 0 aliphatic rings. The largest absolute Gasteiger partial charge is 0.495 e. The first-order valence-corrected chi connectivity index (χ1v) is 7.71. The molecule has 1 N–H and O–H groups in total. The maximum Gasteiger partial charge on any atom is 0.339 e. The SMILES string of the molecule is COc1cncc(-c2ccc(C(=O)O)c(OCc3ccccc3)c2)c1. The molecule has 0 fully saturated rings.